The number of halogens is 1. The number of rotatable bonds is 9. The van der Waals surface area contributed by atoms with Crippen molar-refractivity contribution >= 4 is 30.2 Å². The number of aliphatic hydroxyl groups excluding tert-OH is 2. The first-order valence-corrected chi connectivity index (χ1v) is 13.0. The maximum Gasteiger partial charge on any atom is 0.353 e. The summed E-state index contributed by atoms with van der Waals surface area (Å²) < 4.78 is 29.2. The highest BCUT2D eigenvalue weighted by atomic mass is 35.5. The summed E-state index contributed by atoms with van der Waals surface area (Å²) in [7, 11) is -3.86. The number of hydrogen-bond donors (Lipinski definition) is 3. The van der Waals surface area contributed by atoms with Crippen LogP contribution in [0.5, 0.6) is 0 Å². The lowest BCUT2D eigenvalue weighted by atomic mass is 10.0. The van der Waals surface area contributed by atoms with E-state index >= 15 is 0 Å². The normalized spacial score (nSPS) is 28.5. The Hall–Kier alpha value is -1.10. The smallest absolute Gasteiger partial charge is 0.353 e. The van der Waals surface area contributed by atoms with E-state index in [1.165, 1.54) is 25.7 Å². The van der Waals surface area contributed by atoms with Crippen LogP contribution in [0.15, 0.2) is 12.3 Å². The Bertz CT molecular complexity index is 983. The first-order valence-electron chi connectivity index (χ1n) is 10.9. The molecule has 5 atom stereocenters. The van der Waals surface area contributed by atoms with Gasteiger partial charge in [0.25, 0.3) is 0 Å². The minimum Gasteiger partial charge on any atom is -0.387 e. The fourth-order valence-electron chi connectivity index (χ4n) is 4.54. The minimum atomic E-state index is -3.86. The molecule has 2 aromatic rings. The Morgan fingerprint density at radius 3 is 2.75 bits per heavy atom. The molecule has 1 unspecified atom stereocenters. The van der Waals surface area contributed by atoms with Gasteiger partial charge in [0, 0.05) is 11.6 Å². The highest BCUT2D eigenvalue weighted by Crippen LogP contribution is 2.42. The van der Waals surface area contributed by atoms with Crippen LogP contribution < -0.4 is 0 Å². The van der Waals surface area contributed by atoms with Crippen LogP contribution >= 0.6 is 19.2 Å². The van der Waals surface area contributed by atoms with Crippen LogP contribution in [-0.2, 0) is 25.0 Å². The van der Waals surface area contributed by atoms with Crippen molar-refractivity contribution in [2.75, 3.05) is 19.6 Å². The zero-order chi connectivity index (χ0) is 22.9. The molecule has 1 aliphatic carbocycles. The van der Waals surface area contributed by atoms with Gasteiger partial charge in [0.05, 0.1) is 18.9 Å². The van der Waals surface area contributed by atoms with Gasteiger partial charge in [-0.05, 0) is 36.9 Å². The van der Waals surface area contributed by atoms with Crippen molar-refractivity contribution in [3.8, 4) is 0 Å². The Labute approximate surface area is 191 Å². The third kappa shape index (κ3) is 5.18. The molecular formula is C20H29ClN3O7P. The third-order valence-electron chi connectivity index (χ3n) is 6.06. The van der Waals surface area contributed by atoms with Gasteiger partial charge in [-0.2, -0.15) is 4.98 Å². The highest BCUT2D eigenvalue weighted by molar-refractivity contribution is 7.52. The van der Waals surface area contributed by atoms with Gasteiger partial charge in [-0.3, -0.25) is 4.57 Å². The molecular weight excluding hydrogens is 461 g/mol. The zero-order valence-corrected chi connectivity index (χ0v) is 19.5. The lowest BCUT2D eigenvalue weighted by Crippen LogP contribution is -2.34. The fraction of sp³-hybridized carbons (Fsp3) is 0.700. The van der Waals surface area contributed by atoms with Gasteiger partial charge in [-0.15, -0.1) is 0 Å². The molecule has 2 aliphatic rings. The monoisotopic (exact) mass is 489 g/mol. The van der Waals surface area contributed by atoms with Crippen molar-refractivity contribution < 1.29 is 33.7 Å². The molecule has 12 heteroatoms. The van der Waals surface area contributed by atoms with Gasteiger partial charge in [-0.1, -0.05) is 25.7 Å². The molecule has 2 aromatic heterocycles. The first-order chi connectivity index (χ1) is 15.3. The summed E-state index contributed by atoms with van der Waals surface area (Å²) in [5.74, 6) is 0.573. The molecule has 0 aromatic carbocycles. The van der Waals surface area contributed by atoms with Gasteiger partial charge >= 0.3 is 7.60 Å². The average Bonchev–Trinajstić information content (AvgIpc) is 3.44. The number of aromatic nitrogens is 3. The van der Waals surface area contributed by atoms with Gasteiger partial charge in [0.1, 0.15) is 30.3 Å². The summed E-state index contributed by atoms with van der Waals surface area (Å²) in [5, 5.41) is 22.0. The molecule has 0 spiro atoms. The Balaban J connectivity index is 1.50. The van der Waals surface area contributed by atoms with Crippen molar-refractivity contribution in [2.45, 2.75) is 63.6 Å². The van der Waals surface area contributed by atoms with Gasteiger partial charge in [0.15, 0.2) is 6.23 Å². The van der Waals surface area contributed by atoms with Gasteiger partial charge in [-0.25, -0.2) is 4.98 Å². The van der Waals surface area contributed by atoms with E-state index in [9.17, 15) is 19.7 Å². The summed E-state index contributed by atoms with van der Waals surface area (Å²) in [6.07, 6.45) is 2.49. The SMILES string of the molecule is CCOP(=O)(O)COC[C@H]1O[C@@H](n2ccc3c(CC4CCCC4)nc(Cl)nc32)[C@H](O)[C@@H]1O. The second-order valence-corrected chi connectivity index (χ2v) is 10.5. The molecule has 1 saturated heterocycles. The Morgan fingerprint density at radius 2 is 2.03 bits per heavy atom. The average molecular weight is 490 g/mol. The molecule has 1 saturated carbocycles. The summed E-state index contributed by atoms with van der Waals surface area (Å²) in [5.41, 5.74) is 1.39. The van der Waals surface area contributed by atoms with Crippen molar-refractivity contribution in [3.05, 3.63) is 23.2 Å². The van der Waals surface area contributed by atoms with Crippen LogP contribution in [0.1, 0.15) is 44.5 Å². The molecule has 0 radical (unpaired) electrons. The van der Waals surface area contributed by atoms with Crippen LogP contribution in [0, 0.1) is 5.92 Å². The molecule has 32 heavy (non-hydrogen) atoms. The second kappa shape index (κ2) is 10.0. The van der Waals surface area contributed by atoms with Crippen LogP contribution in [0.2, 0.25) is 5.28 Å². The van der Waals surface area contributed by atoms with E-state index in [0.717, 1.165) is 17.5 Å². The molecule has 1 aliphatic heterocycles. The van der Waals surface area contributed by atoms with E-state index in [0.29, 0.717) is 11.6 Å². The van der Waals surface area contributed by atoms with Gasteiger partial charge in [0.2, 0.25) is 5.28 Å². The Morgan fingerprint density at radius 1 is 1.28 bits per heavy atom. The van der Waals surface area contributed by atoms with Gasteiger partial charge < -0.3 is 33.7 Å². The molecule has 0 bridgehead atoms. The Kier molecular flexibility index (Phi) is 7.53. The number of hydrogen-bond acceptors (Lipinski definition) is 8. The van der Waals surface area contributed by atoms with Crippen molar-refractivity contribution in [3.63, 3.8) is 0 Å². The highest BCUT2D eigenvalue weighted by Gasteiger charge is 2.44. The second-order valence-electron chi connectivity index (χ2n) is 8.36. The predicted octanol–water partition coefficient (Wildman–Crippen LogP) is 2.63. The molecule has 178 valence electrons. The van der Waals surface area contributed by atoms with E-state index in [-0.39, 0.29) is 18.5 Å². The van der Waals surface area contributed by atoms with Crippen molar-refractivity contribution in [1.82, 2.24) is 14.5 Å². The van der Waals surface area contributed by atoms with Crippen molar-refractivity contribution in [1.29, 1.82) is 0 Å². The van der Waals surface area contributed by atoms with E-state index in [2.05, 4.69) is 9.97 Å². The zero-order valence-electron chi connectivity index (χ0n) is 17.8. The van der Waals surface area contributed by atoms with E-state index < -0.39 is 38.5 Å². The largest absolute Gasteiger partial charge is 0.387 e. The van der Waals surface area contributed by atoms with E-state index in [1.807, 2.05) is 6.07 Å². The third-order valence-corrected chi connectivity index (χ3v) is 7.40. The van der Waals surface area contributed by atoms with Crippen LogP contribution in [0.25, 0.3) is 11.0 Å². The lowest BCUT2D eigenvalue weighted by molar-refractivity contribution is -0.0613. The number of nitrogens with zero attached hydrogens (tertiary/aromatic N) is 3. The molecule has 0 amide bonds. The predicted molar refractivity (Wildman–Crippen MR) is 116 cm³/mol. The molecule has 3 heterocycles. The topological polar surface area (TPSA) is 136 Å². The van der Waals surface area contributed by atoms with Crippen molar-refractivity contribution in [2.24, 2.45) is 5.92 Å². The minimum absolute atomic E-state index is 0.0777. The van der Waals surface area contributed by atoms with Crippen LogP contribution in [0.3, 0.4) is 0 Å². The number of aliphatic hydroxyl groups is 2. The molecule has 10 nitrogen and oxygen atoms in total. The molecule has 2 fully saturated rings. The van der Waals surface area contributed by atoms with E-state index in [1.54, 1.807) is 17.7 Å². The maximum absolute atomic E-state index is 11.7. The van der Waals surface area contributed by atoms with Crippen LogP contribution in [0.4, 0.5) is 0 Å². The molecule has 3 N–H and O–H groups in total. The maximum atomic E-state index is 11.7. The summed E-state index contributed by atoms with van der Waals surface area (Å²) in [4.78, 5) is 18.4. The molecule has 4 rings (SSSR count). The quantitative estimate of drug-likeness (QED) is 0.358. The summed E-state index contributed by atoms with van der Waals surface area (Å²) >= 11 is 6.21. The van der Waals surface area contributed by atoms with Crippen LogP contribution in [-0.4, -0.2) is 67.5 Å². The first kappa shape index (κ1) is 24.0. The lowest BCUT2D eigenvalue weighted by Gasteiger charge is -2.18. The summed E-state index contributed by atoms with van der Waals surface area (Å²) in [6.45, 7) is 1.49. The number of ether oxygens (including phenoxy) is 2. The summed E-state index contributed by atoms with van der Waals surface area (Å²) in [6, 6.07) is 1.87. The van der Waals surface area contributed by atoms with E-state index in [4.69, 9.17) is 25.6 Å². The fourth-order valence-corrected chi connectivity index (χ4v) is 5.53. The standard InChI is InChI=1S/C20H29ClN3O7P/c1-2-30-32(27,28)11-29-10-15-16(25)17(26)19(31-15)24-8-7-13-14(9-12-5-3-4-6-12)22-20(21)23-18(13)24/h7-8,12,15-17,19,25-26H,2-6,9-11H2,1H3,(H,27,28)/t15-,16-,17-,19-/m1/s1. The number of fused-ring (bicyclic) bond motifs is 1.